The van der Waals surface area contributed by atoms with Crippen LogP contribution in [0.2, 0.25) is 0 Å². The SMILES string of the molecule is CCNCCn1ccc(-c2ccc(F)c(F)c2)n1. The third kappa shape index (κ3) is 2.92. The van der Waals surface area contributed by atoms with Crippen LogP contribution < -0.4 is 5.32 Å². The van der Waals surface area contributed by atoms with Gasteiger partial charge in [0.05, 0.1) is 12.2 Å². The van der Waals surface area contributed by atoms with E-state index in [-0.39, 0.29) is 0 Å². The molecule has 18 heavy (non-hydrogen) atoms. The minimum atomic E-state index is -0.852. The third-order valence-corrected chi connectivity index (χ3v) is 2.62. The van der Waals surface area contributed by atoms with Gasteiger partial charge in [0.1, 0.15) is 0 Å². The molecular weight excluding hydrogens is 236 g/mol. The molecule has 0 aliphatic carbocycles. The van der Waals surface area contributed by atoms with Crippen LogP contribution in [0.25, 0.3) is 11.3 Å². The van der Waals surface area contributed by atoms with Gasteiger partial charge < -0.3 is 5.32 Å². The van der Waals surface area contributed by atoms with E-state index in [4.69, 9.17) is 0 Å². The molecule has 0 saturated carbocycles. The summed E-state index contributed by atoms with van der Waals surface area (Å²) in [5, 5.41) is 7.50. The fraction of sp³-hybridized carbons (Fsp3) is 0.308. The lowest BCUT2D eigenvalue weighted by molar-refractivity contribution is 0.509. The van der Waals surface area contributed by atoms with Crippen LogP contribution in [0.1, 0.15) is 6.92 Å². The lowest BCUT2D eigenvalue weighted by Crippen LogP contribution is -2.19. The predicted octanol–water partition coefficient (Wildman–Crippen LogP) is 2.44. The summed E-state index contributed by atoms with van der Waals surface area (Å²) >= 11 is 0. The molecule has 0 spiro atoms. The monoisotopic (exact) mass is 251 g/mol. The lowest BCUT2D eigenvalue weighted by atomic mass is 10.1. The van der Waals surface area contributed by atoms with Crippen LogP contribution in [-0.4, -0.2) is 22.9 Å². The Morgan fingerprint density at radius 2 is 2.06 bits per heavy atom. The minimum Gasteiger partial charge on any atom is -0.315 e. The summed E-state index contributed by atoms with van der Waals surface area (Å²) in [6.07, 6.45) is 1.83. The highest BCUT2D eigenvalue weighted by molar-refractivity contribution is 5.58. The zero-order valence-electron chi connectivity index (χ0n) is 10.2. The van der Waals surface area contributed by atoms with E-state index in [0.717, 1.165) is 31.8 Å². The first kappa shape index (κ1) is 12.7. The maximum Gasteiger partial charge on any atom is 0.159 e. The van der Waals surface area contributed by atoms with Crippen molar-refractivity contribution < 1.29 is 8.78 Å². The van der Waals surface area contributed by atoms with Crippen LogP contribution in [0, 0.1) is 11.6 Å². The summed E-state index contributed by atoms with van der Waals surface area (Å²) in [5.41, 5.74) is 1.22. The molecule has 96 valence electrons. The normalized spacial score (nSPS) is 10.8. The molecule has 0 bridgehead atoms. The molecule has 1 heterocycles. The van der Waals surface area contributed by atoms with E-state index < -0.39 is 11.6 Å². The van der Waals surface area contributed by atoms with Gasteiger partial charge in [0.25, 0.3) is 0 Å². The second-order valence-electron chi connectivity index (χ2n) is 3.95. The Labute approximate surface area is 104 Å². The summed E-state index contributed by atoms with van der Waals surface area (Å²) in [5.74, 6) is -1.69. The molecule has 2 aromatic rings. The first-order valence-corrected chi connectivity index (χ1v) is 5.90. The van der Waals surface area contributed by atoms with Crippen molar-refractivity contribution in [2.24, 2.45) is 0 Å². The Morgan fingerprint density at radius 1 is 1.22 bits per heavy atom. The van der Waals surface area contributed by atoms with Crippen molar-refractivity contribution >= 4 is 0 Å². The van der Waals surface area contributed by atoms with Crippen LogP contribution in [0.3, 0.4) is 0 Å². The van der Waals surface area contributed by atoms with E-state index in [0.29, 0.717) is 11.3 Å². The summed E-state index contributed by atoms with van der Waals surface area (Å²) in [7, 11) is 0. The maximum atomic E-state index is 13.1. The van der Waals surface area contributed by atoms with E-state index >= 15 is 0 Å². The molecule has 0 fully saturated rings. The fourth-order valence-electron chi connectivity index (χ4n) is 1.67. The van der Waals surface area contributed by atoms with Crippen LogP contribution >= 0.6 is 0 Å². The van der Waals surface area contributed by atoms with Gasteiger partial charge in [-0.05, 0) is 30.8 Å². The first-order chi connectivity index (χ1) is 8.70. The largest absolute Gasteiger partial charge is 0.315 e. The average molecular weight is 251 g/mol. The number of likely N-dealkylation sites (N-methyl/N-ethyl adjacent to an activating group) is 1. The van der Waals surface area contributed by atoms with Crippen molar-refractivity contribution in [2.45, 2.75) is 13.5 Å². The topological polar surface area (TPSA) is 29.9 Å². The van der Waals surface area contributed by atoms with Gasteiger partial charge in [0.2, 0.25) is 0 Å². The zero-order valence-corrected chi connectivity index (χ0v) is 10.2. The number of aromatic nitrogens is 2. The molecule has 1 N–H and O–H groups in total. The highest BCUT2D eigenvalue weighted by Crippen LogP contribution is 2.19. The first-order valence-electron chi connectivity index (χ1n) is 5.90. The molecule has 3 nitrogen and oxygen atoms in total. The number of halogens is 2. The second-order valence-corrected chi connectivity index (χ2v) is 3.95. The van der Waals surface area contributed by atoms with Crippen LogP contribution in [0.15, 0.2) is 30.5 Å². The smallest absolute Gasteiger partial charge is 0.159 e. The molecule has 0 atom stereocenters. The van der Waals surface area contributed by atoms with Gasteiger partial charge in [-0.3, -0.25) is 4.68 Å². The summed E-state index contributed by atoms with van der Waals surface area (Å²) in [6.45, 7) is 4.53. The molecule has 0 unspecified atom stereocenters. The number of hydrogen-bond acceptors (Lipinski definition) is 2. The molecule has 0 saturated heterocycles. The van der Waals surface area contributed by atoms with Gasteiger partial charge in [0.15, 0.2) is 11.6 Å². The molecule has 0 radical (unpaired) electrons. The van der Waals surface area contributed by atoms with Crippen LogP contribution in [0.5, 0.6) is 0 Å². The number of hydrogen-bond donors (Lipinski definition) is 1. The van der Waals surface area contributed by atoms with Crippen molar-refractivity contribution in [3.05, 3.63) is 42.1 Å². The second kappa shape index (κ2) is 5.73. The van der Waals surface area contributed by atoms with E-state index in [1.165, 1.54) is 6.07 Å². The van der Waals surface area contributed by atoms with Gasteiger partial charge in [0, 0.05) is 18.3 Å². The van der Waals surface area contributed by atoms with E-state index in [2.05, 4.69) is 10.4 Å². The van der Waals surface area contributed by atoms with Crippen molar-refractivity contribution in [1.29, 1.82) is 0 Å². The van der Waals surface area contributed by atoms with E-state index in [1.807, 2.05) is 13.1 Å². The summed E-state index contributed by atoms with van der Waals surface area (Å²) in [6, 6.07) is 5.59. The van der Waals surface area contributed by atoms with Gasteiger partial charge in [-0.2, -0.15) is 5.10 Å². The number of nitrogens with one attached hydrogen (secondary N) is 1. The van der Waals surface area contributed by atoms with Crippen molar-refractivity contribution in [3.8, 4) is 11.3 Å². The van der Waals surface area contributed by atoms with E-state index in [1.54, 1.807) is 10.7 Å². The number of benzene rings is 1. The minimum absolute atomic E-state index is 0.580. The number of nitrogens with zero attached hydrogens (tertiary/aromatic N) is 2. The molecule has 0 aliphatic rings. The van der Waals surface area contributed by atoms with Gasteiger partial charge in [-0.15, -0.1) is 0 Å². The maximum absolute atomic E-state index is 13.1. The Kier molecular flexibility index (Phi) is 4.04. The standard InChI is InChI=1S/C13H15F2N3/c1-2-16-6-8-18-7-5-13(17-18)10-3-4-11(14)12(15)9-10/h3-5,7,9,16H,2,6,8H2,1H3. The van der Waals surface area contributed by atoms with Crippen LogP contribution in [0.4, 0.5) is 8.78 Å². The molecular formula is C13H15F2N3. The predicted molar refractivity (Wildman–Crippen MR) is 66.1 cm³/mol. The third-order valence-electron chi connectivity index (χ3n) is 2.62. The van der Waals surface area contributed by atoms with E-state index in [9.17, 15) is 8.78 Å². The van der Waals surface area contributed by atoms with Gasteiger partial charge in [-0.25, -0.2) is 8.78 Å². The van der Waals surface area contributed by atoms with Gasteiger partial charge in [-0.1, -0.05) is 6.92 Å². The molecule has 1 aromatic heterocycles. The molecule has 0 amide bonds. The lowest BCUT2D eigenvalue weighted by Gasteiger charge is -2.02. The van der Waals surface area contributed by atoms with Crippen molar-refractivity contribution in [3.63, 3.8) is 0 Å². The number of rotatable bonds is 5. The molecule has 5 heteroatoms. The Balaban J connectivity index is 2.11. The van der Waals surface area contributed by atoms with Crippen LogP contribution in [-0.2, 0) is 6.54 Å². The molecule has 0 aliphatic heterocycles. The fourth-order valence-corrected chi connectivity index (χ4v) is 1.67. The highest BCUT2D eigenvalue weighted by Gasteiger charge is 2.06. The Morgan fingerprint density at radius 3 is 2.78 bits per heavy atom. The summed E-state index contributed by atoms with van der Waals surface area (Å²) in [4.78, 5) is 0. The van der Waals surface area contributed by atoms with Crippen molar-refractivity contribution in [1.82, 2.24) is 15.1 Å². The zero-order chi connectivity index (χ0) is 13.0. The average Bonchev–Trinajstić information content (AvgIpc) is 2.82. The molecule has 1 aromatic carbocycles. The van der Waals surface area contributed by atoms with Gasteiger partial charge >= 0.3 is 0 Å². The van der Waals surface area contributed by atoms with Crippen molar-refractivity contribution in [2.75, 3.05) is 13.1 Å². The molecule has 2 rings (SSSR count). The quantitative estimate of drug-likeness (QED) is 0.827. The highest BCUT2D eigenvalue weighted by atomic mass is 19.2. The Hall–Kier alpha value is -1.75. The Bertz CT molecular complexity index is 523. The summed E-state index contributed by atoms with van der Waals surface area (Å²) < 4.78 is 27.7.